The third kappa shape index (κ3) is 2.57. The van der Waals surface area contributed by atoms with Crippen LogP contribution in [0.1, 0.15) is 36.8 Å². The molecule has 0 aliphatic carbocycles. The SMILES string of the molecule is CCc1nc(C)c(C)c(N2CCC(N)CC2)n1. The first-order chi connectivity index (χ1) is 8.11. The number of aromatic nitrogens is 2. The summed E-state index contributed by atoms with van der Waals surface area (Å²) >= 11 is 0. The van der Waals surface area contributed by atoms with E-state index in [0.29, 0.717) is 6.04 Å². The molecule has 17 heavy (non-hydrogen) atoms. The van der Waals surface area contributed by atoms with Crippen LogP contribution >= 0.6 is 0 Å². The van der Waals surface area contributed by atoms with E-state index in [0.717, 1.165) is 49.7 Å². The van der Waals surface area contributed by atoms with Crippen LogP contribution in [0, 0.1) is 13.8 Å². The number of hydrogen-bond donors (Lipinski definition) is 1. The van der Waals surface area contributed by atoms with Gasteiger partial charge in [0.1, 0.15) is 11.6 Å². The minimum absolute atomic E-state index is 0.361. The van der Waals surface area contributed by atoms with Crippen LogP contribution in [0.25, 0.3) is 0 Å². The molecule has 0 unspecified atom stereocenters. The van der Waals surface area contributed by atoms with Gasteiger partial charge in [0.05, 0.1) is 0 Å². The van der Waals surface area contributed by atoms with Gasteiger partial charge in [-0.1, -0.05) is 6.92 Å². The maximum Gasteiger partial charge on any atom is 0.135 e. The second kappa shape index (κ2) is 5.00. The van der Waals surface area contributed by atoms with E-state index in [4.69, 9.17) is 5.73 Å². The Morgan fingerprint density at radius 1 is 1.24 bits per heavy atom. The Kier molecular flexibility index (Phi) is 3.62. The number of nitrogens with two attached hydrogens (primary N) is 1. The maximum atomic E-state index is 5.94. The molecule has 4 heteroatoms. The van der Waals surface area contributed by atoms with Crippen molar-refractivity contribution in [2.24, 2.45) is 5.73 Å². The van der Waals surface area contributed by atoms with Crippen molar-refractivity contribution < 1.29 is 0 Å². The van der Waals surface area contributed by atoms with Gasteiger partial charge in [-0.05, 0) is 26.7 Å². The van der Waals surface area contributed by atoms with Crippen molar-refractivity contribution in [2.75, 3.05) is 18.0 Å². The lowest BCUT2D eigenvalue weighted by Crippen LogP contribution is -2.40. The molecule has 0 atom stereocenters. The van der Waals surface area contributed by atoms with E-state index >= 15 is 0 Å². The van der Waals surface area contributed by atoms with Gasteiger partial charge in [0.25, 0.3) is 0 Å². The zero-order valence-corrected chi connectivity index (χ0v) is 11.0. The van der Waals surface area contributed by atoms with Crippen molar-refractivity contribution in [1.29, 1.82) is 0 Å². The molecule has 2 heterocycles. The number of aryl methyl sites for hydroxylation is 2. The largest absolute Gasteiger partial charge is 0.356 e. The minimum Gasteiger partial charge on any atom is -0.356 e. The molecule has 1 fully saturated rings. The van der Waals surface area contributed by atoms with Gasteiger partial charge in [0, 0.05) is 36.8 Å². The summed E-state index contributed by atoms with van der Waals surface area (Å²) in [5.41, 5.74) is 8.24. The summed E-state index contributed by atoms with van der Waals surface area (Å²) in [6, 6.07) is 0.361. The molecule has 1 aromatic heterocycles. The van der Waals surface area contributed by atoms with Crippen molar-refractivity contribution in [3.05, 3.63) is 17.1 Å². The van der Waals surface area contributed by atoms with Crippen molar-refractivity contribution in [1.82, 2.24) is 9.97 Å². The molecule has 1 aromatic rings. The van der Waals surface area contributed by atoms with E-state index in [1.807, 2.05) is 0 Å². The van der Waals surface area contributed by atoms with Gasteiger partial charge in [-0.2, -0.15) is 0 Å². The van der Waals surface area contributed by atoms with E-state index in [9.17, 15) is 0 Å². The molecule has 2 rings (SSSR count). The average Bonchev–Trinajstić information content (AvgIpc) is 2.34. The summed E-state index contributed by atoms with van der Waals surface area (Å²) in [4.78, 5) is 11.5. The van der Waals surface area contributed by atoms with Crippen molar-refractivity contribution in [3.63, 3.8) is 0 Å². The second-order valence-corrected chi connectivity index (χ2v) is 4.85. The highest BCUT2D eigenvalue weighted by atomic mass is 15.2. The Balaban J connectivity index is 2.27. The summed E-state index contributed by atoms with van der Waals surface area (Å²) in [6.45, 7) is 8.30. The van der Waals surface area contributed by atoms with Gasteiger partial charge in [-0.15, -0.1) is 0 Å². The molecule has 1 aliphatic rings. The summed E-state index contributed by atoms with van der Waals surface area (Å²) < 4.78 is 0. The summed E-state index contributed by atoms with van der Waals surface area (Å²) in [7, 11) is 0. The fraction of sp³-hybridized carbons (Fsp3) is 0.692. The van der Waals surface area contributed by atoms with Gasteiger partial charge in [0.2, 0.25) is 0 Å². The van der Waals surface area contributed by atoms with Crippen LogP contribution in [0.5, 0.6) is 0 Å². The van der Waals surface area contributed by atoms with E-state index in [-0.39, 0.29) is 0 Å². The van der Waals surface area contributed by atoms with E-state index in [1.54, 1.807) is 0 Å². The highest BCUT2D eigenvalue weighted by Gasteiger charge is 2.20. The molecule has 1 aliphatic heterocycles. The van der Waals surface area contributed by atoms with Gasteiger partial charge >= 0.3 is 0 Å². The molecule has 0 amide bonds. The highest BCUT2D eigenvalue weighted by Crippen LogP contribution is 2.23. The Bertz CT molecular complexity index is 395. The fourth-order valence-electron chi connectivity index (χ4n) is 2.25. The van der Waals surface area contributed by atoms with Gasteiger partial charge in [-0.25, -0.2) is 9.97 Å². The smallest absolute Gasteiger partial charge is 0.135 e. The molecule has 0 bridgehead atoms. The first kappa shape index (κ1) is 12.3. The van der Waals surface area contributed by atoms with E-state index in [2.05, 4.69) is 35.6 Å². The van der Waals surface area contributed by atoms with E-state index < -0.39 is 0 Å². The number of hydrogen-bond acceptors (Lipinski definition) is 4. The predicted octanol–water partition coefficient (Wildman–Crippen LogP) is 1.58. The van der Waals surface area contributed by atoms with Crippen LogP contribution in [0.2, 0.25) is 0 Å². The number of anilines is 1. The maximum absolute atomic E-state index is 5.94. The second-order valence-electron chi connectivity index (χ2n) is 4.85. The molecular formula is C13H22N4. The quantitative estimate of drug-likeness (QED) is 0.844. The Labute approximate surface area is 103 Å². The van der Waals surface area contributed by atoms with Crippen LogP contribution in [0.4, 0.5) is 5.82 Å². The normalized spacial score (nSPS) is 17.5. The average molecular weight is 234 g/mol. The lowest BCUT2D eigenvalue weighted by molar-refractivity contribution is 0.497. The Morgan fingerprint density at radius 2 is 1.88 bits per heavy atom. The molecule has 0 aromatic carbocycles. The zero-order chi connectivity index (χ0) is 12.4. The third-order valence-electron chi connectivity index (χ3n) is 3.57. The van der Waals surface area contributed by atoms with Crippen LogP contribution in [0.15, 0.2) is 0 Å². The standard InChI is InChI=1S/C13H22N4/c1-4-12-15-10(3)9(2)13(16-12)17-7-5-11(14)6-8-17/h11H,4-8,14H2,1-3H3. The lowest BCUT2D eigenvalue weighted by Gasteiger charge is -2.32. The van der Waals surface area contributed by atoms with Crippen LogP contribution in [0.3, 0.4) is 0 Å². The van der Waals surface area contributed by atoms with Crippen LogP contribution < -0.4 is 10.6 Å². The number of rotatable bonds is 2. The third-order valence-corrected chi connectivity index (χ3v) is 3.57. The monoisotopic (exact) mass is 234 g/mol. The summed E-state index contributed by atoms with van der Waals surface area (Å²) in [5.74, 6) is 2.05. The summed E-state index contributed by atoms with van der Waals surface area (Å²) in [6.07, 6.45) is 3.01. The molecule has 0 saturated carbocycles. The van der Waals surface area contributed by atoms with Gasteiger partial charge in [0.15, 0.2) is 0 Å². The molecule has 94 valence electrons. The Hall–Kier alpha value is -1.16. The topological polar surface area (TPSA) is 55.0 Å². The molecule has 0 radical (unpaired) electrons. The molecule has 1 saturated heterocycles. The van der Waals surface area contributed by atoms with Gasteiger partial charge in [-0.3, -0.25) is 0 Å². The van der Waals surface area contributed by atoms with Crippen molar-refractivity contribution in [2.45, 2.75) is 46.1 Å². The van der Waals surface area contributed by atoms with Gasteiger partial charge < -0.3 is 10.6 Å². The molecule has 4 nitrogen and oxygen atoms in total. The number of piperidine rings is 1. The van der Waals surface area contributed by atoms with Crippen LogP contribution in [-0.2, 0) is 6.42 Å². The molecule has 0 spiro atoms. The number of nitrogens with zero attached hydrogens (tertiary/aromatic N) is 3. The molecular weight excluding hydrogens is 212 g/mol. The predicted molar refractivity (Wildman–Crippen MR) is 70.3 cm³/mol. The summed E-state index contributed by atoms with van der Waals surface area (Å²) in [5, 5.41) is 0. The zero-order valence-electron chi connectivity index (χ0n) is 11.0. The van der Waals surface area contributed by atoms with E-state index in [1.165, 1.54) is 5.56 Å². The molecule has 2 N–H and O–H groups in total. The highest BCUT2D eigenvalue weighted by molar-refractivity contribution is 5.48. The lowest BCUT2D eigenvalue weighted by atomic mass is 10.1. The minimum atomic E-state index is 0.361. The fourth-order valence-corrected chi connectivity index (χ4v) is 2.25. The van der Waals surface area contributed by atoms with Crippen molar-refractivity contribution in [3.8, 4) is 0 Å². The first-order valence-electron chi connectivity index (χ1n) is 6.46. The first-order valence-corrected chi connectivity index (χ1v) is 6.46. The van der Waals surface area contributed by atoms with Crippen LogP contribution in [-0.4, -0.2) is 29.1 Å². The van der Waals surface area contributed by atoms with Crippen molar-refractivity contribution >= 4 is 5.82 Å². The Morgan fingerprint density at radius 3 is 2.47 bits per heavy atom.